The van der Waals surface area contributed by atoms with Crippen molar-refractivity contribution in [1.82, 2.24) is 19.8 Å². The van der Waals surface area contributed by atoms with Crippen molar-refractivity contribution >= 4 is 15.9 Å². The molecule has 1 amide bonds. The highest BCUT2D eigenvalue weighted by Crippen LogP contribution is 2.26. The number of sulfonamides is 1. The third-order valence-electron chi connectivity index (χ3n) is 5.20. The van der Waals surface area contributed by atoms with Crippen LogP contribution < -0.4 is 5.32 Å². The van der Waals surface area contributed by atoms with Crippen molar-refractivity contribution in [2.45, 2.75) is 45.1 Å². The number of piperidine rings is 1. The number of hydrogen-bond acceptors (Lipinski definition) is 4. The van der Waals surface area contributed by atoms with Gasteiger partial charge >= 0.3 is 0 Å². The molecule has 1 fully saturated rings. The monoisotopic (exact) mass is 390 g/mol. The first kappa shape index (κ1) is 19.6. The summed E-state index contributed by atoms with van der Waals surface area (Å²) in [5, 5.41) is 9.70. The Balaban J connectivity index is 1.58. The SMILES string of the molecule is Cc1ccccc1CNC(=O)C1CCN(S(=O)(=O)c2c(C)n[nH]c2C)CC1. The number of aromatic nitrogens is 2. The quantitative estimate of drug-likeness (QED) is 0.817. The van der Waals surface area contributed by atoms with Crippen molar-refractivity contribution in [2.24, 2.45) is 5.92 Å². The van der Waals surface area contributed by atoms with Crippen molar-refractivity contribution in [3.8, 4) is 0 Å². The second kappa shape index (κ2) is 7.82. The zero-order valence-corrected chi connectivity index (χ0v) is 16.8. The maximum absolute atomic E-state index is 12.9. The molecule has 0 aliphatic carbocycles. The fourth-order valence-corrected chi connectivity index (χ4v) is 5.34. The van der Waals surface area contributed by atoms with Crippen LogP contribution in [0.1, 0.15) is 35.4 Å². The Morgan fingerprint density at radius 1 is 1.22 bits per heavy atom. The number of H-pyrrole nitrogens is 1. The number of carbonyl (C=O) groups is 1. The van der Waals surface area contributed by atoms with Gasteiger partial charge in [-0.2, -0.15) is 9.40 Å². The highest BCUT2D eigenvalue weighted by molar-refractivity contribution is 7.89. The lowest BCUT2D eigenvalue weighted by molar-refractivity contribution is -0.126. The third-order valence-corrected chi connectivity index (χ3v) is 7.36. The molecule has 1 aromatic heterocycles. The first-order valence-electron chi connectivity index (χ1n) is 9.14. The van der Waals surface area contributed by atoms with Gasteiger partial charge in [-0.3, -0.25) is 9.89 Å². The molecule has 7 nitrogen and oxygen atoms in total. The van der Waals surface area contributed by atoms with E-state index in [2.05, 4.69) is 15.5 Å². The molecule has 2 N–H and O–H groups in total. The van der Waals surface area contributed by atoms with Gasteiger partial charge in [-0.25, -0.2) is 8.42 Å². The zero-order chi connectivity index (χ0) is 19.6. The molecule has 0 radical (unpaired) electrons. The standard InChI is InChI=1S/C19H26N4O3S/c1-13-6-4-5-7-17(13)12-20-19(24)16-8-10-23(11-9-16)27(25,26)18-14(2)21-22-15(18)3/h4-7,16H,8-12H2,1-3H3,(H,20,24)(H,21,22). The predicted octanol–water partition coefficient (Wildman–Crippen LogP) is 2.05. The van der Waals surface area contributed by atoms with Gasteiger partial charge in [0.05, 0.1) is 11.4 Å². The van der Waals surface area contributed by atoms with Gasteiger partial charge in [0, 0.05) is 25.6 Å². The van der Waals surface area contributed by atoms with Gasteiger partial charge in [0.15, 0.2) is 0 Å². The van der Waals surface area contributed by atoms with Crippen LogP contribution >= 0.6 is 0 Å². The molecule has 27 heavy (non-hydrogen) atoms. The lowest BCUT2D eigenvalue weighted by atomic mass is 9.97. The van der Waals surface area contributed by atoms with Crippen LogP contribution in [-0.2, 0) is 21.4 Å². The Kier molecular flexibility index (Phi) is 5.67. The lowest BCUT2D eigenvalue weighted by Gasteiger charge is -2.30. The van der Waals surface area contributed by atoms with Gasteiger partial charge in [0.1, 0.15) is 4.90 Å². The summed E-state index contributed by atoms with van der Waals surface area (Å²) in [6.45, 7) is 6.59. The second-order valence-corrected chi connectivity index (χ2v) is 8.96. The summed E-state index contributed by atoms with van der Waals surface area (Å²) < 4.78 is 27.2. The fraction of sp³-hybridized carbons (Fsp3) is 0.474. The van der Waals surface area contributed by atoms with Crippen molar-refractivity contribution < 1.29 is 13.2 Å². The van der Waals surface area contributed by atoms with Gasteiger partial charge in [0.25, 0.3) is 0 Å². The van der Waals surface area contributed by atoms with E-state index in [4.69, 9.17) is 0 Å². The molecule has 0 unspecified atom stereocenters. The topological polar surface area (TPSA) is 95.2 Å². The summed E-state index contributed by atoms with van der Waals surface area (Å²) in [5.41, 5.74) is 3.26. The van der Waals surface area contributed by atoms with E-state index in [0.29, 0.717) is 43.9 Å². The largest absolute Gasteiger partial charge is 0.352 e. The Morgan fingerprint density at radius 3 is 2.48 bits per heavy atom. The molecule has 1 saturated heterocycles. The smallest absolute Gasteiger partial charge is 0.246 e. The number of carbonyl (C=O) groups excluding carboxylic acids is 1. The number of benzene rings is 1. The van der Waals surface area contributed by atoms with E-state index < -0.39 is 10.0 Å². The normalized spacial score (nSPS) is 16.4. The van der Waals surface area contributed by atoms with E-state index in [1.807, 2.05) is 31.2 Å². The fourth-order valence-electron chi connectivity index (χ4n) is 3.54. The highest BCUT2D eigenvalue weighted by atomic mass is 32.2. The van der Waals surface area contributed by atoms with Crippen LogP contribution in [0, 0.1) is 26.7 Å². The number of aromatic amines is 1. The number of aryl methyl sites for hydroxylation is 3. The Hall–Kier alpha value is -2.19. The van der Waals surface area contributed by atoms with Crippen molar-refractivity contribution in [3.05, 3.63) is 46.8 Å². The lowest BCUT2D eigenvalue weighted by Crippen LogP contribution is -2.43. The van der Waals surface area contributed by atoms with Gasteiger partial charge in [0.2, 0.25) is 15.9 Å². The van der Waals surface area contributed by atoms with Crippen LogP contribution in [0.3, 0.4) is 0 Å². The predicted molar refractivity (Wildman–Crippen MR) is 103 cm³/mol. The molecule has 0 spiro atoms. The van der Waals surface area contributed by atoms with Gasteiger partial charge in [-0.15, -0.1) is 0 Å². The minimum Gasteiger partial charge on any atom is -0.352 e. The van der Waals surface area contributed by atoms with Crippen LogP contribution in [-0.4, -0.2) is 41.9 Å². The summed E-state index contributed by atoms with van der Waals surface area (Å²) in [6, 6.07) is 7.95. The number of hydrogen-bond donors (Lipinski definition) is 2. The van der Waals surface area contributed by atoms with Gasteiger partial charge in [-0.1, -0.05) is 24.3 Å². The number of nitrogens with one attached hydrogen (secondary N) is 2. The van der Waals surface area contributed by atoms with E-state index in [1.165, 1.54) is 4.31 Å². The van der Waals surface area contributed by atoms with Crippen molar-refractivity contribution in [3.63, 3.8) is 0 Å². The summed E-state index contributed by atoms with van der Waals surface area (Å²) >= 11 is 0. The van der Waals surface area contributed by atoms with E-state index in [1.54, 1.807) is 13.8 Å². The Labute approximate surface area is 160 Å². The molecule has 3 rings (SSSR count). The van der Waals surface area contributed by atoms with Crippen LogP contribution in [0.25, 0.3) is 0 Å². The molecule has 2 heterocycles. The molecule has 1 aromatic carbocycles. The third kappa shape index (κ3) is 4.06. The molecule has 0 saturated carbocycles. The molecular formula is C19H26N4O3S. The second-order valence-electron chi connectivity index (χ2n) is 7.09. The number of amides is 1. The van der Waals surface area contributed by atoms with Gasteiger partial charge in [-0.05, 0) is 44.7 Å². The Morgan fingerprint density at radius 2 is 1.89 bits per heavy atom. The molecule has 8 heteroatoms. The summed E-state index contributed by atoms with van der Waals surface area (Å²) in [6.07, 6.45) is 1.05. The maximum Gasteiger partial charge on any atom is 0.246 e. The first-order chi connectivity index (χ1) is 12.8. The number of rotatable bonds is 5. The van der Waals surface area contributed by atoms with Crippen molar-refractivity contribution in [1.29, 1.82) is 0 Å². The molecule has 0 atom stereocenters. The summed E-state index contributed by atoms with van der Waals surface area (Å²) in [5.74, 6) is -0.169. The van der Waals surface area contributed by atoms with Crippen LogP contribution in [0.5, 0.6) is 0 Å². The van der Waals surface area contributed by atoms with Crippen LogP contribution in [0.15, 0.2) is 29.2 Å². The highest BCUT2D eigenvalue weighted by Gasteiger charge is 2.34. The molecule has 146 valence electrons. The van der Waals surface area contributed by atoms with Gasteiger partial charge < -0.3 is 5.32 Å². The average molecular weight is 391 g/mol. The van der Waals surface area contributed by atoms with E-state index in [0.717, 1.165) is 11.1 Å². The van der Waals surface area contributed by atoms with E-state index in [-0.39, 0.29) is 16.7 Å². The molecule has 2 aromatic rings. The zero-order valence-electron chi connectivity index (χ0n) is 15.9. The maximum atomic E-state index is 12.9. The van der Waals surface area contributed by atoms with E-state index in [9.17, 15) is 13.2 Å². The average Bonchev–Trinajstić information content (AvgIpc) is 3.00. The summed E-state index contributed by atoms with van der Waals surface area (Å²) in [7, 11) is -3.58. The number of nitrogens with zero attached hydrogens (tertiary/aromatic N) is 2. The van der Waals surface area contributed by atoms with Crippen LogP contribution in [0.4, 0.5) is 0 Å². The molecule has 1 aliphatic heterocycles. The van der Waals surface area contributed by atoms with Crippen LogP contribution in [0.2, 0.25) is 0 Å². The Bertz CT molecular complexity index is 909. The summed E-state index contributed by atoms with van der Waals surface area (Å²) in [4.78, 5) is 12.7. The minimum atomic E-state index is -3.58. The molecular weight excluding hydrogens is 364 g/mol. The molecule has 1 aliphatic rings. The van der Waals surface area contributed by atoms with Crippen molar-refractivity contribution in [2.75, 3.05) is 13.1 Å². The minimum absolute atomic E-state index is 0.00836. The first-order valence-corrected chi connectivity index (χ1v) is 10.6. The molecule has 0 bridgehead atoms. The van der Waals surface area contributed by atoms with E-state index >= 15 is 0 Å².